The molecule has 25 heavy (non-hydrogen) atoms. The Morgan fingerprint density at radius 2 is 1.24 bits per heavy atom. The summed E-state index contributed by atoms with van der Waals surface area (Å²) in [5.41, 5.74) is 5.66. The van der Waals surface area contributed by atoms with Crippen LogP contribution in [-0.4, -0.2) is 6.71 Å². The molecule has 3 rings (SSSR count). The fraction of sp³-hybridized carbons (Fsp3) is 0.250. The maximum atomic E-state index is 2.43. The Kier molecular flexibility index (Phi) is 5.76. The molecule has 0 heterocycles. The monoisotopic (exact) mass is 326 g/mol. The van der Waals surface area contributed by atoms with Crippen molar-refractivity contribution in [1.29, 1.82) is 0 Å². The minimum Gasteiger partial charge on any atom is -0.0739 e. The van der Waals surface area contributed by atoms with Crippen LogP contribution >= 0.6 is 0 Å². The highest BCUT2D eigenvalue weighted by molar-refractivity contribution is 6.86. The van der Waals surface area contributed by atoms with Crippen LogP contribution < -0.4 is 10.9 Å². The first-order chi connectivity index (χ1) is 12.2. The first-order valence-corrected chi connectivity index (χ1v) is 9.40. The fourth-order valence-corrected chi connectivity index (χ4v) is 3.94. The summed E-state index contributed by atoms with van der Waals surface area (Å²) in [4.78, 5) is 0. The van der Waals surface area contributed by atoms with Gasteiger partial charge in [0.2, 0.25) is 6.71 Å². The van der Waals surface area contributed by atoms with Gasteiger partial charge in [-0.2, -0.15) is 0 Å². The van der Waals surface area contributed by atoms with Crippen LogP contribution in [0.4, 0.5) is 0 Å². The van der Waals surface area contributed by atoms with Gasteiger partial charge in [0, 0.05) is 5.92 Å². The van der Waals surface area contributed by atoms with Gasteiger partial charge in [0.25, 0.3) is 0 Å². The zero-order valence-electron chi connectivity index (χ0n) is 15.5. The van der Waals surface area contributed by atoms with Gasteiger partial charge in [-0.3, -0.25) is 0 Å². The van der Waals surface area contributed by atoms with Crippen molar-refractivity contribution in [2.24, 2.45) is 0 Å². The standard InChI is InChI=1S/C24H27B/c1-4-24(20-12-7-5-8-13-20)21-14-11-17-23(18-21)25(19(2)3)22-15-9-6-10-16-22/h5-19,24H,4H2,1-3H3. The van der Waals surface area contributed by atoms with Crippen LogP contribution in [0.25, 0.3) is 0 Å². The van der Waals surface area contributed by atoms with Crippen LogP contribution in [-0.2, 0) is 0 Å². The number of hydrogen-bond donors (Lipinski definition) is 0. The van der Waals surface area contributed by atoms with Crippen molar-refractivity contribution in [3.05, 3.63) is 96.1 Å². The normalized spacial score (nSPS) is 12.2. The Hall–Kier alpha value is -2.28. The van der Waals surface area contributed by atoms with Gasteiger partial charge in [-0.15, -0.1) is 0 Å². The minimum absolute atomic E-state index is 0.439. The lowest BCUT2D eigenvalue weighted by Gasteiger charge is -2.22. The molecule has 1 heteroatoms. The molecule has 0 amide bonds. The van der Waals surface area contributed by atoms with Crippen molar-refractivity contribution in [1.82, 2.24) is 0 Å². The maximum Gasteiger partial charge on any atom is 0.211 e. The Morgan fingerprint density at radius 3 is 1.84 bits per heavy atom. The van der Waals surface area contributed by atoms with Gasteiger partial charge in [0.15, 0.2) is 0 Å². The summed E-state index contributed by atoms with van der Waals surface area (Å²) >= 11 is 0. The van der Waals surface area contributed by atoms with Crippen LogP contribution in [0.1, 0.15) is 44.2 Å². The first kappa shape index (κ1) is 17.5. The molecule has 0 aromatic heterocycles. The van der Waals surface area contributed by atoms with E-state index < -0.39 is 0 Å². The van der Waals surface area contributed by atoms with Gasteiger partial charge in [-0.1, -0.05) is 122 Å². The average Bonchev–Trinajstić information content (AvgIpc) is 2.64. The van der Waals surface area contributed by atoms with E-state index in [9.17, 15) is 0 Å². The predicted octanol–water partition coefficient (Wildman–Crippen LogP) is 5.25. The highest BCUT2D eigenvalue weighted by Gasteiger charge is 2.23. The second-order valence-electron chi connectivity index (χ2n) is 7.17. The van der Waals surface area contributed by atoms with Crippen molar-refractivity contribution < 1.29 is 0 Å². The van der Waals surface area contributed by atoms with Gasteiger partial charge in [0.1, 0.15) is 0 Å². The number of benzene rings is 3. The van der Waals surface area contributed by atoms with Crippen molar-refractivity contribution in [3.8, 4) is 0 Å². The summed E-state index contributed by atoms with van der Waals surface area (Å²) in [7, 11) is 0. The molecule has 0 saturated carbocycles. The van der Waals surface area contributed by atoms with Gasteiger partial charge in [-0.05, 0) is 17.5 Å². The van der Waals surface area contributed by atoms with E-state index in [1.165, 1.54) is 22.1 Å². The molecule has 0 saturated heterocycles. The van der Waals surface area contributed by atoms with E-state index in [0.717, 1.165) is 6.42 Å². The SMILES string of the molecule is CCC(c1ccccc1)c1cccc(B(c2ccccc2)C(C)C)c1. The lowest BCUT2D eigenvalue weighted by molar-refractivity contribution is 0.778. The van der Waals surface area contributed by atoms with Gasteiger partial charge in [0.05, 0.1) is 0 Å². The Morgan fingerprint density at radius 1 is 0.680 bits per heavy atom. The molecule has 0 radical (unpaired) electrons. The van der Waals surface area contributed by atoms with Crippen LogP contribution in [0.3, 0.4) is 0 Å². The number of hydrogen-bond acceptors (Lipinski definition) is 0. The second-order valence-corrected chi connectivity index (χ2v) is 7.17. The van der Waals surface area contributed by atoms with Crippen LogP contribution in [0.2, 0.25) is 5.82 Å². The molecule has 1 unspecified atom stereocenters. The van der Waals surface area contributed by atoms with E-state index in [1.807, 2.05) is 0 Å². The zero-order chi connectivity index (χ0) is 17.6. The molecule has 3 aromatic rings. The highest BCUT2D eigenvalue weighted by Crippen LogP contribution is 2.27. The summed E-state index contributed by atoms with van der Waals surface area (Å²) in [5.74, 6) is 1.03. The molecule has 0 fully saturated rings. The van der Waals surface area contributed by atoms with Gasteiger partial charge >= 0.3 is 0 Å². The first-order valence-electron chi connectivity index (χ1n) is 9.40. The van der Waals surface area contributed by atoms with E-state index in [4.69, 9.17) is 0 Å². The van der Waals surface area contributed by atoms with E-state index in [1.54, 1.807) is 0 Å². The molecule has 1 atom stereocenters. The van der Waals surface area contributed by atoms with Crippen molar-refractivity contribution in [2.75, 3.05) is 0 Å². The molecule has 0 aliphatic rings. The summed E-state index contributed by atoms with van der Waals surface area (Å²) in [6, 6.07) is 31.0. The smallest absolute Gasteiger partial charge is 0.0739 e. The van der Waals surface area contributed by atoms with Gasteiger partial charge < -0.3 is 0 Å². The topological polar surface area (TPSA) is 0 Å². The molecule has 3 aromatic carbocycles. The summed E-state index contributed by atoms with van der Waals surface area (Å²) in [6.07, 6.45) is 1.12. The van der Waals surface area contributed by atoms with Crippen LogP contribution in [0.5, 0.6) is 0 Å². The molecular weight excluding hydrogens is 299 g/mol. The molecular formula is C24H27B. The van der Waals surface area contributed by atoms with Gasteiger partial charge in [-0.25, -0.2) is 0 Å². The summed E-state index contributed by atoms with van der Waals surface area (Å²) < 4.78 is 0. The molecule has 0 spiro atoms. The molecule has 126 valence electrons. The molecule has 0 aliphatic carbocycles. The van der Waals surface area contributed by atoms with Crippen molar-refractivity contribution >= 4 is 17.6 Å². The summed E-state index contributed by atoms with van der Waals surface area (Å²) in [6.45, 7) is 7.36. The minimum atomic E-state index is 0.439. The van der Waals surface area contributed by atoms with E-state index in [0.29, 0.717) is 18.4 Å². The predicted molar refractivity (Wildman–Crippen MR) is 112 cm³/mol. The van der Waals surface area contributed by atoms with E-state index >= 15 is 0 Å². The van der Waals surface area contributed by atoms with Crippen molar-refractivity contribution in [3.63, 3.8) is 0 Å². The average molecular weight is 326 g/mol. The van der Waals surface area contributed by atoms with Crippen LogP contribution in [0.15, 0.2) is 84.9 Å². The molecule has 0 N–H and O–H groups in total. The van der Waals surface area contributed by atoms with E-state index in [2.05, 4.69) is 106 Å². The Balaban J connectivity index is 2.00. The van der Waals surface area contributed by atoms with E-state index in [-0.39, 0.29) is 0 Å². The quantitative estimate of drug-likeness (QED) is 0.543. The largest absolute Gasteiger partial charge is 0.211 e. The third kappa shape index (κ3) is 4.04. The molecule has 0 nitrogen and oxygen atoms in total. The molecule has 0 bridgehead atoms. The Labute approximate surface area is 153 Å². The van der Waals surface area contributed by atoms with Crippen LogP contribution in [0, 0.1) is 0 Å². The fourth-order valence-electron chi connectivity index (χ4n) is 3.94. The highest BCUT2D eigenvalue weighted by atomic mass is 14.2. The van der Waals surface area contributed by atoms with Crippen molar-refractivity contribution in [2.45, 2.75) is 38.9 Å². The number of rotatable bonds is 6. The zero-order valence-corrected chi connectivity index (χ0v) is 15.5. The lowest BCUT2D eigenvalue weighted by Crippen LogP contribution is -2.44. The summed E-state index contributed by atoms with van der Waals surface area (Å²) in [5, 5.41) is 0. The third-order valence-corrected chi connectivity index (χ3v) is 5.11. The third-order valence-electron chi connectivity index (χ3n) is 5.11. The molecule has 0 aliphatic heterocycles. The lowest BCUT2D eigenvalue weighted by atomic mass is 9.34. The maximum absolute atomic E-state index is 2.43. The Bertz CT molecular complexity index is 777. The second kappa shape index (κ2) is 8.20.